The van der Waals surface area contributed by atoms with E-state index >= 15 is 19.2 Å². The number of nitrogens with one attached hydrogen (secondary N) is 1. The molecular formula is C69H122N10O12. The van der Waals surface area contributed by atoms with Crippen LogP contribution in [-0.4, -0.2) is 233 Å². The van der Waals surface area contributed by atoms with Gasteiger partial charge in [0.2, 0.25) is 47.3 Å². The predicted octanol–water partition coefficient (Wildman–Crippen LogP) is 6.44. The number of carbonyl (C=O) groups is 11. The predicted molar refractivity (Wildman–Crippen MR) is 354 cm³/mol. The first kappa shape index (κ1) is 83.2. The fourth-order valence-electron chi connectivity index (χ4n) is 12.4. The summed E-state index contributed by atoms with van der Waals surface area (Å²) in [6.07, 6.45) is -1.28. The van der Waals surface area contributed by atoms with Crippen LogP contribution in [0.1, 0.15) is 182 Å². The van der Waals surface area contributed by atoms with Gasteiger partial charge in [-0.2, -0.15) is 5.26 Å². The maximum atomic E-state index is 15.4. The highest BCUT2D eigenvalue weighted by molar-refractivity contribution is 6.00. The Morgan fingerprint density at radius 2 is 0.923 bits per heavy atom. The molecule has 520 valence electrons. The Balaban J connectivity index is 4.42. The molecule has 1 saturated heterocycles. The van der Waals surface area contributed by atoms with Gasteiger partial charge in [-0.15, -0.1) is 0 Å². The minimum atomic E-state index is -1.55. The molecular weight excluding hydrogens is 1160 g/mol. The number of Topliss-reactive ketones (excluding diaryl/α,β-unsaturated/α-hetero) is 3. The minimum absolute atomic E-state index is 0.0760. The molecule has 1 heterocycles. The number of likely N-dealkylation sites (N-methyl/N-ethyl adjacent to an activating group) is 7. The van der Waals surface area contributed by atoms with Gasteiger partial charge in [-0.3, -0.25) is 52.7 Å². The molecule has 1 aliphatic rings. The van der Waals surface area contributed by atoms with E-state index in [4.69, 9.17) is 0 Å². The molecule has 91 heavy (non-hydrogen) atoms. The van der Waals surface area contributed by atoms with E-state index in [0.717, 1.165) is 4.90 Å². The summed E-state index contributed by atoms with van der Waals surface area (Å²) in [4.78, 5) is 174. The summed E-state index contributed by atoms with van der Waals surface area (Å²) >= 11 is 0. The van der Waals surface area contributed by atoms with E-state index in [-0.39, 0.29) is 74.5 Å². The van der Waals surface area contributed by atoms with Gasteiger partial charge in [-0.25, -0.2) is 0 Å². The van der Waals surface area contributed by atoms with Gasteiger partial charge in [0.05, 0.1) is 30.2 Å². The van der Waals surface area contributed by atoms with E-state index < -0.39 is 161 Å². The Bertz CT molecular complexity index is 2510. The number of rotatable bonds is 18. The molecule has 22 nitrogen and oxygen atoms in total. The van der Waals surface area contributed by atoms with E-state index in [1.807, 2.05) is 67.3 Å². The van der Waals surface area contributed by atoms with Crippen LogP contribution in [0.15, 0.2) is 0 Å². The Kier molecular flexibility index (Phi) is 34.5. The van der Waals surface area contributed by atoms with Gasteiger partial charge < -0.3 is 49.6 Å². The standard InChI is InChI=1S/C69H122N10O12/c1-27-50-35-58(82)60(61(83)46(15)28-29-72(19)38-45(14)37-70)79(26)69(91)59(44(12)13)78(25)68(90)55(33-42(8)9)77(24)67(89)54(32-41(6)7)76(23)63(85)48(17)71-62(84)47(16)34-56(80)52(30-39(2)3)75(22)66(88)51(43(10)11)36-57(81)53(31-40(4)5)74(21)64(86)49(18)73(20)65(50)87/h39-55,59-61,83H,27-36,38H2,1-26H3,(H,71,84)/t45?,46-,47+,48+,49-,50+,51-,52-,53+,54-,55-,59-,60+,61-/m1/s1. The number of aliphatic hydroxyl groups excluding tert-OH is 1. The van der Waals surface area contributed by atoms with Gasteiger partial charge in [0.1, 0.15) is 36.3 Å². The molecule has 1 fully saturated rings. The molecule has 0 bridgehead atoms. The van der Waals surface area contributed by atoms with Gasteiger partial charge in [0.25, 0.3) is 0 Å². The lowest BCUT2D eigenvalue weighted by Gasteiger charge is -2.42. The van der Waals surface area contributed by atoms with E-state index in [2.05, 4.69) is 11.4 Å². The van der Waals surface area contributed by atoms with Crippen LogP contribution in [0.5, 0.6) is 0 Å². The third-order valence-electron chi connectivity index (χ3n) is 18.6. The van der Waals surface area contributed by atoms with Gasteiger partial charge >= 0.3 is 0 Å². The van der Waals surface area contributed by atoms with E-state index in [1.54, 1.807) is 55.4 Å². The molecule has 14 atom stereocenters. The molecule has 1 unspecified atom stereocenters. The third-order valence-corrected chi connectivity index (χ3v) is 18.6. The van der Waals surface area contributed by atoms with Crippen LogP contribution in [-0.2, 0) is 52.7 Å². The van der Waals surface area contributed by atoms with E-state index in [1.165, 1.54) is 92.6 Å². The zero-order valence-corrected chi connectivity index (χ0v) is 60.8. The zero-order chi connectivity index (χ0) is 70.7. The topological polar surface area (TPSA) is 270 Å². The molecule has 0 aromatic rings. The lowest BCUT2D eigenvalue weighted by molar-refractivity contribution is -0.157. The summed E-state index contributed by atoms with van der Waals surface area (Å²) in [5, 5.41) is 24.7. The van der Waals surface area contributed by atoms with Crippen molar-refractivity contribution in [1.82, 2.24) is 44.5 Å². The average molecular weight is 1280 g/mol. The van der Waals surface area contributed by atoms with Crippen molar-refractivity contribution in [3.05, 3.63) is 0 Å². The molecule has 0 saturated carbocycles. The number of nitriles is 1. The van der Waals surface area contributed by atoms with Crippen molar-refractivity contribution in [2.45, 2.75) is 237 Å². The van der Waals surface area contributed by atoms with Crippen LogP contribution in [0.3, 0.4) is 0 Å². The number of aliphatic hydroxyl groups is 1. The van der Waals surface area contributed by atoms with Crippen LogP contribution >= 0.6 is 0 Å². The van der Waals surface area contributed by atoms with Crippen LogP contribution in [0.4, 0.5) is 0 Å². The number of nitrogens with zero attached hydrogens (tertiary/aromatic N) is 9. The fourth-order valence-corrected chi connectivity index (χ4v) is 12.4. The summed E-state index contributed by atoms with van der Waals surface area (Å²) in [6, 6.07) is -7.22. The minimum Gasteiger partial charge on any atom is -0.390 e. The second-order valence-corrected chi connectivity index (χ2v) is 29.2. The quantitative estimate of drug-likeness (QED) is 0.149. The van der Waals surface area contributed by atoms with Crippen molar-refractivity contribution in [2.75, 3.05) is 69.5 Å². The van der Waals surface area contributed by atoms with Crippen molar-refractivity contribution in [1.29, 1.82) is 5.26 Å². The number of amides is 8. The Hall–Kier alpha value is -5.82. The molecule has 1 rings (SSSR count). The highest BCUT2D eigenvalue weighted by Crippen LogP contribution is 2.30. The van der Waals surface area contributed by atoms with Gasteiger partial charge in [0.15, 0.2) is 17.3 Å². The third kappa shape index (κ3) is 23.6. The summed E-state index contributed by atoms with van der Waals surface area (Å²) in [6.45, 7) is 32.9. The number of hydrogen-bond donors (Lipinski definition) is 2. The van der Waals surface area contributed by atoms with Crippen LogP contribution in [0.25, 0.3) is 0 Å². The zero-order valence-electron chi connectivity index (χ0n) is 60.8. The van der Waals surface area contributed by atoms with Crippen LogP contribution in [0, 0.1) is 76.4 Å². The molecule has 0 spiro atoms. The largest absolute Gasteiger partial charge is 0.390 e. The molecule has 2 N–H and O–H groups in total. The van der Waals surface area contributed by atoms with Gasteiger partial charge in [0, 0.05) is 92.9 Å². The second kappa shape index (κ2) is 37.8. The van der Waals surface area contributed by atoms with Crippen LogP contribution in [0.2, 0.25) is 0 Å². The van der Waals surface area contributed by atoms with Crippen molar-refractivity contribution in [2.24, 2.45) is 65.1 Å². The summed E-state index contributed by atoms with van der Waals surface area (Å²) in [5.41, 5.74) is 0. The normalized spacial score (nSPS) is 27.2. The number of carbonyl (C=O) groups excluding carboxylic acids is 11. The Labute approximate surface area is 547 Å². The first-order chi connectivity index (χ1) is 41.9. The van der Waals surface area contributed by atoms with Gasteiger partial charge in [-0.1, -0.05) is 104 Å². The van der Waals surface area contributed by atoms with Crippen molar-refractivity contribution >= 4 is 64.6 Å². The van der Waals surface area contributed by atoms with Crippen LogP contribution < -0.4 is 5.32 Å². The average Bonchev–Trinajstić information content (AvgIpc) is 0.920. The lowest BCUT2D eigenvalue weighted by Crippen LogP contribution is -2.62. The molecule has 0 aromatic carbocycles. The molecule has 0 aliphatic carbocycles. The van der Waals surface area contributed by atoms with Crippen molar-refractivity contribution in [3.63, 3.8) is 0 Å². The maximum Gasteiger partial charge on any atom is 0.246 e. The summed E-state index contributed by atoms with van der Waals surface area (Å²) in [7, 11) is 12.1. The molecule has 0 aromatic heterocycles. The maximum absolute atomic E-state index is 15.4. The van der Waals surface area contributed by atoms with Gasteiger partial charge in [-0.05, 0) is 114 Å². The Morgan fingerprint density at radius 3 is 1.36 bits per heavy atom. The number of ketones is 3. The van der Waals surface area contributed by atoms with E-state index in [9.17, 15) is 43.9 Å². The highest BCUT2D eigenvalue weighted by Gasteiger charge is 2.46. The summed E-state index contributed by atoms with van der Waals surface area (Å²) < 4.78 is 0. The molecule has 0 radical (unpaired) electrons. The first-order valence-electron chi connectivity index (χ1n) is 33.4. The van der Waals surface area contributed by atoms with Crippen molar-refractivity contribution < 1.29 is 57.8 Å². The fraction of sp³-hybridized carbons (Fsp3) is 0.826. The van der Waals surface area contributed by atoms with E-state index in [0.29, 0.717) is 19.5 Å². The molecule has 1 aliphatic heterocycles. The highest BCUT2D eigenvalue weighted by atomic mass is 16.3. The lowest BCUT2D eigenvalue weighted by atomic mass is 9.84. The van der Waals surface area contributed by atoms with Crippen molar-refractivity contribution in [3.8, 4) is 6.07 Å². The molecule has 8 amide bonds. The number of hydrogen-bond acceptors (Lipinski definition) is 14. The SMILES string of the molecule is CC[C@H]1CC(=O)[C@@H]([C@H](O)[C@H](C)CCN(C)CC(C)C#N)N(C)C(=O)[C@@H](C(C)C)N(C)C(=O)[C@@H](CC(C)C)N(C)C(=O)[C@@H](CC(C)C)N(C)C(=O)[C@H](C)NC(=O)[C@@H](C)CC(=O)[C@@H](CC(C)C)N(C)C(=O)[C@@H](C(C)C)CC(=O)[C@H](CC(C)C)N(C)C(=O)[C@@H](C)N(C)C1=O. The smallest absolute Gasteiger partial charge is 0.246 e. The second-order valence-electron chi connectivity index (χ2n) is 29.2. The Morgan fingerprint density at radius 1 is 0.505 bits per heavy atom. The summed E-state index contributed by atoms with van der Waals surface area (Å²) in [5.74, 6) is -11.4. The first-order valence-corrected chi connectivity index (χ1v) is 33.4. The molecule has 22 heteroatoms. The monoisotopic (exact) mass is 1280 g/mol.